The summed E-state index contributed by atoms with van der Waals surface area (Å²) in [7, 11) is 0. The Kier molecular flexibility index (Phi) is 2.28. The Labute approximate surface area is 107 Å². The first-order valence-corrected chi connectivity index (χ1v) is 6.42. The number of fused-ring (bicyclic) bond motifs is 3. The zero-order chi connectivity index (χ0) is 12.9. The van der Waals surface area contributed by atoms with Gasteiger partial charge in [-0.2, -0.15) is 0 Å². The maximum Gasteiger partial charge on any atom is 0.116 e. The number of hydrogen-bond donors (Lipinski definition) is 1. The second-order valence-corrected chi connectivity index (χ2v) is 5.85. The standard InChI is InChI=1S/C17H18O/c1-11-14-6-4-12-10-13(18)5-7-15(12)16(14)8-9-17(11,2)3/h4-8,10,18H,9H2,1-3H3. The summed E-state index contributed by atoms with van der Waals surface area (Å²) in [5, 5.41) is 14.6. The molecule has 1 heteroatoms. The third-order valence-corrected chi connectivity index (χ3v) is 4.28. The summed E-state index contributed by atoms with van der Waals surface area (Å²) >= 11 is 0. The highest BCUT2D eigenvalue weighted by Gasteiger charge is 2.22. The summed E-state index contributed by atoms with van der Waals surface area (Å²) in [5.74, 6) is 0.333. The van der Waals surface area contributed by atoms with Gasteiger partial charge in [-0.25, -0.2) is 0 Å². The van der Waals surface area contributed by atoms with Gasteiger partial charge in [0.15, 0.2) is 0 Å². The molecule has 0 aliphatic heterocycles. The zero-order valence-electron chi connectivity index (χ0n) is 11.1. The van der Waals surface area contributed by atoms with E-state index in [1.54, 1.807) is 6.07 Å². The molecule has 0 bridgehead atoms. The fourth-order valence-corrected chi connectivity index (χ4v) is 2.76. The predicted molar refractivity (Wildman–Crippen MR) is 76.8 cm³/mol. The van der Waals surface area contributed by atoms with Gasteiger partial charge in [0.1, 0.15) is 5.75 Å². The molecule has 0 saturated carbocycles. The van der Waals surface area contributed by atoms with Crippen molar-refractivity contribution in [2.45, 2.75) is 27.2 Å². The van der Waals surface area contributed by atoms with Gasteiger partial charge in [0, 0.05) is 0 Å². The molecule has 3 rings (SSSR count). The zero-order valence-corrected chi connectivity index (χ0v) is 11.1. The molecular weight excluding hydrogens is 220 g/mol. The van der Waals surface area contributed by atoms with Gasteiger partial charge in [0.2, 0.25) is 0 Å². The second kappa shape index (κ2) is 3.61. The Balaban J connectivity index is 2.50. The molecule has 0 aromatic heterocycles. The molecule has 92 valence electrons. The molecule has 2 aromatic rings. The van der Waals surface area contributed by atoms with E-state index in [0.29, 0.717) is 5.75 Å². The number of benzene rings is 2. The van der Waals surface area contributed by atoms with E-state index in [1.807, 2.05) is 12.1 Å². The minimum absolute atomic E-state index is 0.248. The van der Waals surface area contributed by atoms with Crippen LogP contribution >= 0.6 is 0 Å². The van der Waals surface area contributed by atoms with E-state index >= 15 is 0 Å². The van der Waals surface area contributed by atoms with Crippen LogP contribution in [0.3, 0.4) is 0 Å². The highest BCUT2D eigenvalue weighted by Crippen LogP contribution is 2.32. The van der Waals surface area contributed by atoms with Gasteiger partial charge in [0.25, 0.3) is 0 Å². The Hall–Kier alpha value is -1.76. The third kappa shape index (κ3) is 1.54. The van der Waals surface area contributed by atoms with Gasteiger partial charge in [-0.3, -0.25) is 0 Å². The van der Waals surface area contributed by atoms with Gasteiger partial charge >= 0.3 is 0 Å². The van der Waals surface area contributed by atoms with Crippen molar-refractivity contribution in [1.82, 2.24) is 0 Å². The molecule has 0 amide bonds. The second-order valence-electron chi connectivity index (χ2n) is 5.85. The smallest absolute Gasteiger partial charge is 0.116 e. The van der Waals surface area contributed by atoms with Crippen molar-refractivity contribution in [1.29, 1.82) is 0 Å². The fourth-order valence-electron chi connectivity index (χ4n) is 2.76. The summed E-state index contributed by atoms with van der Waals surface area (Å²) in [6.07, 6.45) is 3.41. The molecule has 18 heavy (non-hydrogen) atoms. The van der Waals surface area contributed by atoms with Gasteiger partial charge in [0.05, 0.1) is 0 Å². The van der Waals surface area contributed by atoms with Gasteiger partial charge < -0.3 is 5.11 Å². The maximum atomic E-state index is 9.55. The van der Waals surface area contributed by atoms with Gasteiger partial charge in [-0.1, -0.05) is 43.7 Å². The van der Waals surface area contributed by atoms with Crippen molar-refractivity contribution >= 4 is 22.4 Å². The van der Waals surface area contributed by atoms with Crippen LogP contribution in [0, 0.1) is 5.41 Å². The Morgan fingerprint density at radius 2 is 1.89 bits per heavy atom. The van der Waals surface area contributed by atoms with Crippen LogP contribution in [0.2, 0.25) is 0 Å². The van der Waals surface area contributed by atoms with E-state index in [0.717, 1.165) is 11.8 Å². The van der Waals surface area contributed by atoms with Gasteiger partial charge in [-0.05, 0) is 52.1 Å². The minimum atomic E-state index is 0.248. The molecule has 2 aromatic carbocycles. The topological polar surface area (TPSA) is 20.2 Å². The number of phenolic OH excluding ortho intramolecular Hbond substituents is 1. The van der Waals surface area contributed by atoms with Crippen LogP contribution in [0.15, 0.2) is 30.3 Å². The molecule has 0 spiro atoms. The summed E-state index contributed by atoms with van der Waals surface area (Å²) < 4.78 is 0. The first kappa shape index (κ1) is 11.3. The van der Waals surface area contributed by atoms with Crippen LogP contribution < -0.4 is 10.4 Å². The molecule has 0 radical (unpaired) electrons. The van der Waals surface area contributed by atoms with Crippen molar-refractivity contribution in [3.05, 3.63) is 40.8 Å². The van der Waals surface area contributed by atoms with Crippen molar-refractivity contribution in [2.75, 3.05) is 0 Å². The van der Waals surface area contributed by atoms with E-state index in [-0.39, 0.29) is 5.41 Å². The maximum absolute atomic E-state index is 9.55. The molecule has 1 nitrogen and oxygen atoms in total. The predicted octanol–water partition coefficient (Wildman–Crippen LogP) is 2.93. The van der Waals surface area contributed by atoms with Crippen LogP contribution in [-0.2, 0) is 0 Å². The Morgan fingerprint density at radius 3 is 2.67 bits per heavy atom. The van der Waals surface area contributed by atoms with E-state index in [4.69, 9.17) is 0 Å². The average molecular weight is 238 g/mol. The van der Waals surface area contributed by atoms with Crippen LogP contribution in [0.4, 0.5) is 0 Å². The molecule has 1 N–H and O–H groups in total. The largest absolute Gasteiger partial charge is 0.508 e. The lowest BCUT2D eigenvalue weighted by atomic mass is 9.77. The summed E-state index contributed by atoms with van der Waals surface area (Å²) in [4.78, 5) is 0. The molecule has 0 heterocycles. The normalized spacial score (nSPS) is 17.4. The fraction of sp³-hybridized carbons (Fsp3) is 0.294. The number of phenols is 1. The van der Waals surface area contributed by atoms with Crippen molar-refractivity contribution < 1.29 is 5.11 Å². The first-order chi connectivity index (χ1) is 8.49. The highest BCUT2D eigenvalue weighted by molar-refractivity contribution is 5.86. The number of aromatic hydroxyl groups is 1. The molecule has 0 atom stereocenters. The summed E-state index contributed by atoms with van der Waals surface area (Å²) in [6.45, 7) is 6.82. The molecule has 1 aliphatic rings. The van der Waals surface area contributed by atoms with E-state index < -0.39 is 0 Å². The third-order valence-electron chi connectivity index (χ3n) is 4.28. The van der Waals surface area contributed by atoms with Crippen LogP contribution in [-0.4, -0.2) is 5.11 Å². The Bertz CT molecular complexity index is 751. The van der Waals surface area contributed by atoms with Crippen molar-refractivity contribution in [3.8, 4) is 5.75 Å². The Morgan fingerprint density at radius 1 is 1.11 bits per heavy atom. The lowest BCUT2D eigenvalue weighted by Gasteiger charge is -2.27. The SMILES string of the molecule is CC1=c2ccc3cc(O)ccc3c2=CCC1(C)C. The lowest BCUT2D eigenvalue weighted by molar-refractivity contribution is 0.476. The molecule has 1 aliphatic carbocycles. The average Bonchev–Trinajstić information content (AvgIpc) is 2.33. The lowest BCUT2D eigenvalue weighted by Crippen LogP contribution is -2.35. The summed E-state index contributed by atoms with van der Waals surface area (Å²) in [6, 6.07) is 9.91. The monoisotopic (exact) mass is 238 g/mol. The number of rotatable bonds is 0. The highest BCUT2D eigenvalue weighted by atomic mass is 16.3. The number of hydrogen-bond acceptors (Lipinski definition) is 1. The van der Waals surface area contributed by atoms with Crippen LogP contribution in [0.5, 0.6) is 5.75 Å². The minimum Gasteiger partial charge on any atom is -0.508 e. The van der Waals surface area contributed by atoms with Gasteiger partial charge in [-0.15, -0.1) is 0 Å². The quantitative estimate of drug-likeness (QED) is 0.748. The van der Waals surface area contributed by atoms with Crippen molar-refractivity contribution in [2.24, 2.45) is 5.41 Å². The molecule has 0 unspecified atom stereocenters. The van der Waals surface area contributed by atoms with Crippen LogP contribution in [0.25, 0.3) is 22.4 Å². The van der Waals surface area contributed by atoms with Crippen LogP contribution in [0.1, 0.15) is 27.2 Å². The van der Waals surface area contributed by atoms with Crippen molar-refractivity contribution in [3.63, 3.8) is 0 Å². The van der Waals surface area contributed by atoms with E-state index in [9.17, 15) is 5.11 Å². The van der Waals surface area contributed by atoms with E-state index in [1.165, 1.54) is 21.4 Å². The van der Waals surface area contributed by atoms with E-state index in [2.05, 4.69) is 39.0 Å². The molecular formula is C17H18O. The first-order valence-electron chi connectivity index (χ1n) is 6.42. The summed E-state index contributed by atoms with van der Waals surface area (Å²) in [5.41, 5.74) is 1.70. The molecule has 0 fully saturated rings. The molecule has 0 saturated heterocycles.